The van der Waals surface area contributed by atoms with Gasteiger partial charge in [0.25, 0.3) is 5.91 Å². The van der Waals surface area contributed by atoms with Crippen LogP contribution in [0.3, 0.4) is 0 Å². The van der Waals surface area contributed by atoms with Gasteiger partial charge in [-0.2, -0.15) is 0 Å². The molecule has 1 aliphatic heterocycles. The molecule has 1 N–H and O–H groups in total. The third kappa shape index (κ3) is 3.25. The number of nitrogens with one attached hydrogen (secondary N) is 1. The highest BCUT2D eigenvalue weighted by Crippen LogP contribution is 2.20. The summed E-state index contributed by atoms with van der Waals surface area (Å²) in [5.74, 6) is 0.650. The van der Waals surface area contributed by atoms with Crippen molar-refractivity contribution < 1.29 is 13.9 Å². The number of hydrogen-bond donors (Lipinski definition) is 1. The summed E-state index contributed by atoms with van der Waals surface area (Å²) in [6, 6.07) is 5.34. The minimum atomic E-state index is -0.239. The third-order valence-corrected chi connectivity index (χ3v) is 3.82. The number of halogens is 1. The average molecular weight is 352 g/mol. The van der Waals surface area contributed by atoms with E-state index in [1.54, 1.807) is 12.3 Å². The Morgan fingerprint density at radius 1 is 1.29 bits per heavy atom. The Balaban J connectivity index is 1.67. The average Bonchev–Trinajstić information content (AvgIpc) is 2.95. The van der Waals surface area contributed by atoms with Crippen molar-refractivity contribution >= 4 is 33.3 Å². The van der Waals surface area contributed by atoms with Gasteiger partial charge < -0.3 is 19.4 Å². The van der Waals surface area contributed by atoms with Crippen LogP contribution in [0.1, 0.15) is 10.4 Å². The molecule has 21 heavy (non-hydrogen) atoms. The van der Waals surface area contributed by atoms with Gasteiger partial charge in [0.05, 0.1) is 36.9 Å². The van der Waals surface area contributed by atoms with E-state index in [4.69, 9.17) is 9.15 Å². The van der Waals surface area contributed by atoms with Crippen LogP contribution in [-0.4, -0.2) is 37.2 Å². The molecule has 2 aromatic rings. The second-order valence-electron chi connectivity index (χ2n) is 4.57. The van der Waals surface area contributed by atoms with Crippen LogP contribution in [0.15, 0.2) is 39.7 Å². The highest BCUT2D eigenvalue weighted by molar-refractivity contribution is 9.10. The molecule has 1 saturated heterocycles. The maximum absolute atomic E-state index is 12.0. The lowest BCUT2D eigenvalue weighted by Gasteiger charge is -2.27. The van der Waals surface area contributed by atoms with Crippen molar-refractivity contribution in [3.63, 3.8) is 0 Å². The molecule has 2 aromatic heterocycles. The predicted octanol–water partition coefficient (Wildman–Crippen LogP) is 2.53. The number of hydrogen-bond acceptors (Lipinski definition) is 5. The number of aromatic nitrogens is 1. The molecule has 0 saturated carbocycles. The minimum Gasteiger partial charge on any atom is -0.457 e. The quantitative estimate of drug-likeness (QED) is 0.920. The molecule has 110 valence electrons. The van der Waals surface area contributed by atoms with E-state index in [-0.39, 0.29) is 5.91 Å². The molecule has 1 aliphatic rings. The Labute approximate surface area is 130 Å². The molecule has 0 aromatic carbocycles. The largest absolute Gasteiger partial charge is 0.457 e. The first-order valence-corrected chi connectivity index (χ1v) is 7.36. The first kappa shape index (κ1) is 14.1. The van der Waals surface area contributed by atoms with Crippen LogP contribution in [0.25, 0.3) is 0 Å². The predicted molar refractivity (Wildman–Crippen MR) is 81.6 cm³/mol. The Hall–Kier alpha value is -1.86. The zero-order valence-corrected chi connectivity index (χ0v) is 12.8. The molecule has 1 amide bonds. The molecule has 0 radical (unpaired) electrons. The second-order valence-corrected chi connectivity index (χ2v) is 5.29. The lowest BCUT2D eigenvalue weighted by Crippen LogP contribution is -2.36. The fraction of sp³-hybridized carbons (Fsp3) is 0.286. The van der Waals surface area contributed by atoms with Gasteiger partial charge in [-0.1, -0.05) is 0 Å². The van der Waals surface area contributed by atoms with Crippen molar-refractivity contribution in [1.82, 2.24) is 4.98 Å². The number of amides is 1. The number of nitrogens with zero attached hydrogens (tertiary/aromatic N) is 2. The van der Waals surface area contributed by atoms with Gasteiger partial charge in [-0.3, -0.25) is 4.79 Å². The molecule has 0 bridgehead atoms. The normalized spacial score (nSPS) is 15.0. The van der Waals surface area contributed by atoms with Crippen LogP contribution < -0.4 is 10.2 Å². The van der Waals surface area contributed by atoms with E-state index in [0.717, 1.165) is 18.9 Å². The molecular formula is C14H14BrN3O3. The highest BCUT2D eigenvalue weighted by Gasteiger charge is 2.14. The van der Waals surface area contributed by atoms with Gasteiger partial charge in [0.2, 0.25) is 0 Å². The lowest BCUT2D eigenvalue weighted by molar-refractivity contribution is 0.102. The Morgan fingerprint density at radius 3 is 2.71 bits per heavy atom. The summed E-state index contributed by atoms with van der Waals surface area (Å²) in [5, 5.41) is 2.78. The number of ether oxygens (including phenoxy) is 1. The fourth-order valence-corrected chi connectivity index (χ4v) is 2.51. The monoisotopic (exact) mass is 351 g/mol. The summed E-state index contributed by atoms with van der Waals surface area (Å²) in [5.41, 5.74) is 1.09. The number of carbonyl (C=O) groups is 1. The molecule has 0 spiro atoms. The Morgan fingerprint density at radius 2 is 2.10 bits per heavy atom. The zero-order chi connectivity index (χ0) is 14.7. The van der Waals surface area contributed by atoms with E-state index < -0.39 is 0 Å². The Kier molecular flexibility index (Phi) is 4.21. The van der Waals surface area contributed by atoms with E-state index in [1.807, 2.05) is 12.1 Å². The van der Waals surface area contributed by atoms with Crippen molar-refractivity contribution in [2.24, 2.45) is 0 Å². The summed E-state index contributed by atoms with van der Waals surface area (Å²) in [7, 11) is 0. The molecule has 1 fully saturated rings. The van der Waals surface area contributed by atoms with E-state index in [0.29, 0.717) is 29.1 Å². The van der Waals surface area contributed by atoms with Crippen molar-refractivity contribution in [3.8, 4) is 0 Å². The molecule has 3 heterocycles. The van der Waals surface area contributed by atoms with Crippen LogP contribution in [0, 0.1) is 0 Å². The van der Waals surface area contributed by atoms with Crippen LogP contribution >= 0.6 is 15.9 Å². The number of carbonyl (C=O) groups excluding carboxylic acids is 1. The summed E-state index contributed by atoms with van der Waals surface area (Å²) >= 11 is 3.18. The van der Waals surface area contributed by atoms with Crippen LogP contribution in [-0.2, 0) is 4.74 Å². The van der Waals surface area contributed by atoms with Gasteiger partial charge in [0.1, 0.15) is 5.82 Å². The molecule has 0 unspecified atom stereocenters. The van der Waals surface area contributed by atoms with Crippen LogP contribution in [0.4, 0.5) is 11.5 Å². The van der Waals surface area contributed by atoms with E-state index >= 15 is 0 Å². The second kappa shape index (κ2) is 6.28. The summed E-state index contributed by atoms with van der Waals surface area (Å²) in [6.45, 7) is 3.10. The Bertz CT molecular complexity index is 621. The number of anilines is 2. The molecule has 6 nitrogen and oxygen atoms in total. The molecule has 3 rings (SSSR count). The topological polar surface area (TPSA) is 67.6 Å². The standard InChI is InChI=1S/C14H14BrN3O3/c15-13-11(3-6-21-13)14(19)17-10-1-2-12(16-9-10)18-4-7-20-8-5-18/h1-3,6,9H,4-5,7-8H2,(H,17,19). The maximum Gasteiger partial charge on any atom is 0.260 e. The van der Waals surface area contributed by atoms with Gasteiger partial charge in [-0.25, -0.2) is 4.98 Å². The number of morpholine rings is 1. The molecular weight excluding hydrogens is 338 g/mol. The highest BCUT2D eigenvalue weighted by atomic mass is 79.9. The zero-order valence-electron chi connectivity index (χ0n) is 11.2. The minimum absolute atomic E-state index is 0.239. The van der Waals surface area contributed by atoms with Crippen molar-refractivity contribution in [1.29, 1.82) is 0 Å². The van der Waals surface area contributed by atoms with Gasteiger partial charge in [0.15, 0.2) is 4.67 Å². The summed E-state index contributed by atoms with van der Waals surface area (Å²) < 4.78 is 10.8. The van der Waals surface area contributed by atoms with Gasteiger partial charge in [-0.05, 0) is 34.1 Å². The van der Waals surface area contributed by atoms with Gasteiger partial charge >= 0.3 is 0 Å². The van der Waals surface area contributed by atoms with Crippen LogP contribution in [0.2, 0.25) is 0 Å². The SMILES string of the molecule is O=C(Nc1ccc(N2CCOCC2)nc1)c1ccoc1Br. The van der Waals surface area contributed by atoms with E-state index in [9.17, 15) is 4.79 Å². The number of pyridine rings is 1. The maximum atomic E-state index is 12.0. The summed E-state index contributed by atoms with van der Waals surface area (Å²) in [4.78, 5) is 18.6. The van der Waals surface area contributed by atoms with E-state index in [1.165, 1.54) is 6.26 Å². The number of rotatable bonds is 3. The van der Waals surface area contributed by atoms with Crippen LogP contribution in [0.5, 0.6) is 0 Å². The third-order valence-electron chi connectivity index (χ3n) is 3.20. The van der Waals surface area contributed by atoms with Crippen molar-refractivity contribution in [2.45, 2.75) is 0 Å². The molecule has 0 aliphatic carbocycles. The van der Waals surface area contributed by atoms with E-state index in [2.05, 4.69) is 31.1 Å². The molecule has 0 atom stereocenters. The van der Waals surface area contributed by atoms with Gasteiger partial charge in [-0.15, -0.1) is 0 Å². The number of furan rings is 1. The van der Waals surface area contributed by atoms with Gasteiger partial charge in [0, 0.05) is 13.1 Å². The van der Waals surface area contributed by atoms with Crippen molar-refractivity contribution in [3.05, 3.63) is 40.9 Å². The summed E-state index contributed by atoms with van der Waals surface area (Å²) in [6.07, 6.45) is 3.11. The van der Waals surface area contributed by atoms with Crippen molar-refractivity contribution in [2.75, 3.05) is 36.5 Å². The molecule has 7 heteroatoms. The fourth-order valence-electron chi connectivity index (χ4n) is 2.09. The first-order valence-electron chi connectivity index (χ1n) is 6.57. The smallest absolute Gasteiger partial charge is 0.260 e. The first-order chi connectivity index (χ1) is 10.2. The lowest BCUT2D eigenvalue weighted by atomic mass is 10.3.